The molecule has 2 aromatic carbocycles. The minimum Gasteiger partial charge on any atom is -0.439 e. The lowest BCUT2D eigenvalue weighted by Gasteiger charge is -2.11. The summed E-state index contributed by atoms with van der Waals surface area (Å²) >= 11 is 5.80. The first-order valence-electron chi connectivity index (χ1n) is 8.71. The number of hydrogen-bond donors (Lipinski definition) is 1. The summed E-state index contributed by atoms with van der Waals surface area (Å²) in [6.07, 6.45) is 0. The maximum absolute atomic E-state index is 12.6. The Labute approximate surface area is 169 Å². The molecule has 28 heavy (non-hydrogen) atoms. The van der Waals surface area contributed by atoms with Crippen molar-refractivity contribution in [2.75, 3.05) is 5.32 Å². The van der Waals surface area contributed by atoms with Crippen molar-refractivity contribution in [2.45, 2.75) is 36.7 Å². The number of aryl methyl sites for hydroxylation is 1. The smallest absolute Gasteiger partial charge is 0.291 e. The number of amides is 1. The van der Waals surface area contributed by atoms with Crippen LogP contribution in [0.1, 0.15) is 41.4 Å². The third-order valence-corrected chi connectivity index (χ3v) is 6.24. The van der Waals surface area contributed by atoms with Crippen LogP contribution in [-0.2, 0) is 9.84 Å². The fourth-order valence-electron chi connectivity index (χ4n) is 2.91. The minimum atomic E-state index is -3.87. The van der Waals surface area contributed by atoms with Gasteiger partial charge in [-0.2, -0.15) is 0 Å². The monoisotopic (exact) mass is 417 g/mol. The molecule has 1 amide bonds. The van der Waals surface area contributed by atoms with Crippen LogP contribution in [0.15, 0.2) is 69.0 Å². The molecule has 0 aliphatic rings. The fourth-order valence-corrected chi connectivity index (χ4v) is 4.21. The highest BCUT2D eigenvalue weighted by atomic mass is 35.5. The van der Waals surface area contributed by atoms with Crippen molar-refractivity contribution in [3.05, 3.63) is 76.5 Å². The number of carbonyl (C=O) groups is 1. The van der Waals surface area contributed by atoms with Gasteiger partial charge in [0, 0.05) is 10.7 Å². The van der Waals surface area contributed by atoms with Crippen molar-refractivity contribution in [3.8, 4) is 0 Å². The van der Waals surface area contributed by atoms with Crippen molar-refractivity contribution in [3.63, 3.8) is 0 Å². The molecule has 1 N–H and O–H groups in total. The van der Waals surface area contributed by atoms with E-state index in [1.54, 1.807) is 0 Å². The summed E-state index contributed by atoms with van der Waals surface area (Å²) < 4.78 is 30.6. The van der Waals surface area contributed by atoms with E-state index in [0.717, 1.165) is 5.56 Å². The first kappa shape index (κ1) is 20.2. The van der Waals surface area contributed by atoms with Gasteiger partial charge in [-0.15, -0.1) is 0 Å². The molecule has 5 nitrogen and oxygen atoms in total. The third-order valence-electron chi connectivity index (χ3n) is 4.34. The lowest BCUT2D eigenvalue weighted by Crippen LogP contribution is -2.11. The van der Waals surface area contributed by atoms with Crippen LogP contribution >= 0.6 is 11.6 Å². The Morgan fingerprint density at radius 3 is 2.32 bits per heavy atom. The van der Waals surface area contributed by atoms with Crippen LogP contribution in [0.25, 0.3) is 0 Å². The summed E-state index contributed by atoms with van der Waals surface area (Å²) in [5, 5.41) is 2.86. The number of benzene rings is 2. The second-order valence-corrected chi connectivity index (χ2v) is 9.07. The SMILES string of the molecule is Cc1cc(NC(=O)c2ccc(S(=O)(=O)c3ccc(Cl)cc3)o2)ccc1C(C)C. The second kappa shape index (κ2) is 7.81. The van der Waals surface area contributed by atoms with E-state index < -0.39 is 15.7 Å². The molecule has 0 atom stereocenters. The summed E-state index contributed by atoms with van der Waals surface area (Å²) in [6.45, 7) is 6.19. The van der Waals surface area contributed by atoms with E-state index in [0.29, 0.717) is 16.6 Å². The predicted molar refractivity (Wildman–Crippen MR) is 109 cm³/mol. The van der Waals surface area contributed by atoms with Gasteiger partial charge in [0.2, 0.25) is 14.9 Å². The number of rotatable bonds is 5. The number of sulfone groups is 1. The number of nitrogens with one attached hydrogen (secondary N) is 1. The quantitative estimate of drug-likeness (QED) is 0.598. The Bertz CT molecular complexity index is 1120. The summed E-state index contributed by atoms with van der Waals surface area (Å²) in [4.78, 5) is 12.5. The normalized spacial score (nSPS) is 11.6. The molecule has 0 fully saturated rings. The van der Waals surface area contributed by atoms with Crippen LogP contribution in [-0.4, -0.2) is 14.3 Å². The highest BCUT2D eigenvalue weighted by Crippen LogP contribution is 2.26. The molecule has 7 heteroatoms. The number of hydrogen-bond acceptors (Lipinski definition) is 4. The van der Waals surface area contributed by atoms with Crippen molar-refractivity contribution >= 4 is 33.0 Å². The standard InChI is InChI=1S/C21H20ClNO4S/c1-13(2)18-9-6-16(12-14(18)3)23-21(24)19-10-11-20(27-19)28(25,26)17-7-4-15(22)5-8-17/h4-13H,1-3H3,(H,23,24). The molecule has 0 aliphatic carbocycles. The van der Waals surface area contributed by atoms with Gasteiger partial charge < -0.3 is 9.73 Å². The third kappa shape index (κ3) is 4.13. The summed E-state index contributed by atoms with van der Waals surface area (Å²) in [7, 11) is -3.87. The molecule has 0 bridgehead atoms. The van der Waals surface area contributed by atoms with Crippen molar-refractivity contribution in [2.24, 2.45) is 0 Å². The zero-order chi connectivity index (χ0) is 20.5. The van der Waals surface area contributed by atoms with Gasteiger partial charge in [0.25, 0.3) is 5.91 Å². The molecule has 1 heterocycles. The first-order chi connectivity index (χ1) is 13.2. The Kier molecular flexibility index (Phi) is 5.63. The number of carbonyl (C=O) groups excluding carboxylic acids is 1. The summed E-state index contributed by atoms with van der Waals surface area (Å²) in [6, 6.07) is 14.0. The maximum atomic E-state index is 12.6. The fraction of sp³-hybridized carbons (Fsp3) is 0.190. The van der Waals surface area contributed by atoms with Gasteiger partial charge in [0.05, 0.1) is 4.90 Å². The molecule has 0 radical (unpaired) electrons. The summed E-state index contributed by atoms with van der Waals surface area (Å²) in [5.41, 5.74) is 2.89. The maximum Gasteiger partial charge on any atom is 0.291 e. The number of furan rings is 1. The first-order valence-corrected chi connectivity index (χ1v) is 10.6. The number of halogens is 1. The lowest BCUT2D eigenvalue weighted by molar-refractivity contribution is 0.0991. The van der Waals surface area contributed by atoms with E-state index >= 15 is 0 Å². The van der Waals surface area contributed by atoms with Crippen LogP contribution in [0.2, 0.25) is 5.02 Å². The largest absolute Gasteiger partial charge is 0.439 e. The topological polar surface area (TPSA) is 76.4 Å². The lowest BCUT2D eigenvalue weighted by atomic mass is 9.98. The van der Waals surface area contributed by atoms with Crippen molar-refractivity contribution in [1.82, 2.24) is 0 Å². The van der Waals surface area contributed by atoms with E-state index in [1.807, 2.05) is 25.1 Å². The molecule has 0 unspecified atom stereocenters. The summed E-state index contributed by atoms with van der Waals surface area (Å²) in [5.74, 6) is -0.220. The number of anilines is 1. The average molecular weight is 418 g/mol. The molecule has 0 saturated heterocycles. The van der Waals surface area contributed by atoms with E-state index in [9.17, 15) is 13.2 Å². The van der Waals surface area contributed by atoms with E-state index in [2.05, 4.69) is 19.2 Å². The van der Waals surface area contributed by atoms with Gasteiger partial charge in [-0.3, -0.25) is 4.79 Å². The highest BCUT2D eigenvalue weighted by molar-refractivity contribution is 7.91. The van der Waals surface area contributed by atoms with Gasteiger partial charge >= 0.3 is 0 Å². The van der Waals surface area contributed by atoms with Gasteiger partial charge in [0.1, 0.15) is 0 Å². The molecule has 0 spiro atoms. The highest BCUT2D eigenvalue weighted by Gasteiger charge is 2.23. The average Bonchev–Trinajstić information content (AvgIpc) is 3.13. The van der Waals surface area contributed by atoms with E-state index in [1.165, 1.54) is 42.0 Å². The van der Waals surface area contributed by atoms with Gasteiger partial charge in [-0.25, -0.2) is 8.42 Å². The van der Waals surface area contributed by atoms with E-state index in [-0.39, 0.29) is 15.7 Å². The second-order valence-electron chi connectivity index (χ2n) is 6.76. The molecule has 3 aromatic rings. The zero-order valence-electron chi connectivity index (χ0n) is 15.7. The van der Waals surface area contributed by atoms with Gasteiger partial charge in [-0.05, 0) is 72.5 Å². The molecule has 146 valence electrons. The zero-order valence-corrected chi connectivity index (χ0v) is 17.3. The van der Waals surface area contributed by atoms with Crippen LogP contribution in [0.4, 0.5) is 5.69 Å². The molecular formula is C21H20ClNO4S. The van der Waals surface area contributed by atoms with Crippen molar-refractivity contribution in [1.29, 1.82) is 0 Å². The molecule has 1 aromatic heterocycles. The van der Waals surface area contributed by atoms with E-state index in [4.69, 9.17) is 16.0 Å². The minimum absolute atomic E-state index is 0.0399. The van der Waals surface area contributed by atoms with Gasteiger partial charge in [-0.1, -0.05) is 31.5 Å². The molecule has 0 aliphatic heterocycles. The van der Waals surface area contributed by atoms with Crippen LogP contribution < -0.4 is 5.32 Å². The molecule has 0 saturated carbocycles. The molecule has 3 rings (SSSR count). The van der Waals surface area contributed by atoms with Gasteiger partial charge in [0.15, 0.2) is 5.76 Å². The van der Waals surface area contributed by atoms with Crippen LogP contribution in [0, 0.1) is 6.92 Å². The Morgan fingerprint density at radius 2 is 1.71 bits per heavy atom. The van der Waals surface area contributed by atoms with Crippen molar-refractivity contribution < 1.29 is 17.6 Å². The van der Waals surface area contributed by atoms with Crippen LogP contribution in [0.3, 0.4) is 0 Å². The Hall–Kier alpha value is -2.57. The predicted octanol–water partition coefficient (Wildman–Crippen LogP) is 5.45. The Morgan fingerprint density at radius 1 is 1.04 bits per heavy atom. The Balaban J connectivity index is 1.81. The van der Waals surface area contributed by atoms with Crippen LogP contribution in [0.5, 0.6) is 0 Å². The molecular weight excluding hydrogens is 398 g/mol.